The van der Waals surface area contributed by atoms with E-state index >= 15 is 0 Å². The summed E-state index contributed by atoms with van der Waals surface area (Å²) in [5.74, 6) is -0.588. The Balaban J connectivity index is 2.03. The van der Waals surface area contributed by atoms with Gasteiger partial charge in [0.05, 0.1) is 7.11 Å². The van der Waals surface area contributed by atoms with Gasteiger partial charge in [-0.1, -0.05) is 42.0 Å². The highest BCUT2D eigenvalue weighted by Crippen LogP contribution is 2.21. The summed E-state index contributed by atoms with van der Waals surface area (Å²) in [4.78, 5) is 24.0. The minimum absolute atomic E-state index is 0.137. The van der Waals surface area contributed by atoms with E-state index in [0.717, 1.165) is 30.4 Å². The quantitative estimate of drug-likeness (QED) is 0.669. The molecule has 0 radical (unpaired) electrons. The Hall–Kier alpha value is -2.10. The molecule has 1 unspecified atom stereocenters. The lowest BCUT2D eigenvalue weighted by atomic mass is 9.97. The highest BCUT2D eigenvalue weighted by molar-refractivity contribution is 5.86. The third-order valence-corrected chi connectivity index (χ3v) is 3.65. The van der Waals surface area contributed by atoms with Crippen molar-refractivity contribution in [3.63, 3.8) is 0 Å². The summed E-state index contributed by atoms with van der Waals surface area (Å²) in [6, 6.07) is 8.41. The molecule has 112 valence electrons. The molecule has 2 rings (SSSR count). The molecule has 1 aliphatic rings. The van der Waals surface area contributed by atoms with E-state index in [-0.39, 0.29) is 5.91 Å². The first kappa shape index (κ1) is 15.3. The van der Waals surface area contributed by atoms with Crippen LogP contribution in [-0.2, 0) is 14.3 Å². The fraction of sp³-hybridized carbons (Fsp3) is 0.412. The van der Waals surface area contributed by atoms with Gasteiger partial charge in [0.15, 0.2) is 6.04 Å². The average molecular weight is 287 g/mol. The van der Waals surface area contributed by atoms with Gasteiger partial charge in [0.1, 0.15) is 0 Å². The second-order valence-electron chi connectivity index (χ2n) is 5.22. The zero-order chi connectivity index (χ0) is 15.1. The zero-order valence-corrected chi connectivity index (χ0v) is 12.3. The molecule has 1 aromatic rings. The highest BCUT2D eigenvalue weighted by atomic mass is 16.5. The third kappa shape index (κ3) is 4.45. The lowest BCUT2D eigenvalue weighted by Crippen LogP contribution is -2.34. The molecule has 0 spiro atoms. The number of hydrogen-bond acceptors (Lipinski definition) is 3. The number of benzene rings is 1. The molecule has 1 N–H and O–H groups in total. The summed E-state index contributed by atoms with van der Waals surface area (Å²) in [7, 11) is 1.33. The van der Waals surface area contributed by atoms with Gasteiger partial charge in [-0.25, -0.2) is 4.79 Å². The Kier molecular flexibility index (Phi) is 5.55. The first-order valence-electron chi connectivity index (χ1n) is 7.30. The molecule has 21 heavy (non-hydrogen) atoms. The lowest BCUT2D eigenvalue weighted by Gasteiger charge is -2.18. The van der Waals surface area contributed by atoms with Gasteiger partial charge in [-0.05, 0) is 31.2 Å². The van der Waals surface area contributed by atoms with Crippen LogP contribution >= 0.6 is 0 Å². The highest BCUT2D eigenvalue weighted by Gasteiger charge is 2.23. The van der Waals surface area contributed by atoms with E-state index in [1.54, 1.807) is 0 Å². The van der Waals surface area contributed by atoms with Crippen LogP contribution in [0.1, 0.15) is 43.7 Å². The van der Waals surface area contributed by atoms with Crippen LogP contribution < -0.4 is 5.32 Å². The summed E-state index contributed by atoms with van der Waals surface area (Å²) in [6.45, 7) is 0. The summed E-state index contributed by atoms with van der Waals surface area (Å²) >= 11 is 0. The van der Waals surface area contributed by atoms with E-state index in [4.69, 9.17) is 4.74 Å². The van der Waals surface area contributed by atoms with Crippen molar-refractivity contribution in [1.82, 2.24) is 5.32 Å². The van der Waals surface area contributed by atoms with E-state index in [0.29, 0.717) is 6.42 Å². The van der Waals surface area contributed by atoms with Crippen molar-refractivity contribution in [1.29, 1.82) is 0 Å². The molecule has 0 aromatic heterocycles. The first-order chi connectivity index (χ1) is 10.2. The number of rotatable bonds is 5. The second-order valence-corrected chi connectivity index (χ2v) is 5.22. The van der Waals surface area contributed by atoms with Crippen molar-refractivity contribution in [2.75, 3.05) is 7.11 Å². The molecule has 0 saturated heterocycles. The molecule has 0 aliphatic heterocycles. The molecular weight excluding hydrogens is 266 g/mol. The van der Waals surface area contributed by atoms with Crippen LogP contribution in [0, 0.1) is 0 Å². The molecule has 4 nitrogen and oxygen atoms in total. The van der Waals surface area contributed by atoms with E-state index in [9.17, 15) is 9.59 Å². The number of nitrogens with one attached hydrogen (secondary N) is 1. The Morgan fingerprint density at radius 3 is 2.62 bits per heavy atom. The van der Waals surface area contributed by atoms with Crippen molar-refractivity contribution in [3.05, 3.63) is 47.5 Å². The molecular formula is C17H21NO3. The SMILES string of the molecule is COC(=O)C(NC(=O)CC1=CCCCC1)c1ccccc1. The van der Waals surface area contributed by atoms with Gasteiger partial charge in [0.25, 0.3) is 0 Å². The van der Waals surface area contributed by atoms with E-state index in [1.165, 1.54) is 13.5 Å². The number of hydrogen-bond donors (Lipinski definition) is 1. The molecule has 0 fully saturated rings. The number of amides is 1. The molecule has 0 saturated carbocycles. The van der Waals surface area contributed by atoms with Crippen LogP contribution in [0.25, 0.3) is 0 Å². The van der Waals surface area contributed by atoms with Gasteiger partial charge in [0.2, 0.25) is 5.91 Å². The first-order valence-corrected chi connectivity index (χ1v) is 7.30. The maximum Gasteiger partial charge on any atom is 0.333 e. The number of carbonyl (C=O) groups excluding carboxylic acids is 2. The van der Waals surface area contributed by atoms with Crippen molar-refractivity contribution < 1.29 is 14.3 Å². The number of allylic oxidation sites excluding steroid dienone is 1. The average Bonchev–Trinajstić information content (AvgIpc) is 2.53. The summed E-state index contributed by atoms with van der Waals surface area (Å²) in [5.41, 5.74) is 1.89. The number of esters is 1. The van der Waals surface area contributed by atoms with Gasteiger partial charge >= 0.3 is 5.97 Å². The number of methoxy groups -OCH3 is 1. The van der Waals surface area contributed by atoms with E-state index in [1.807, 2.05) is 30.3 Å². The molecule has 1 amide bonds. The van der Waals surface area contributed by atoms with Crippen molar-refractivity contribution in [2.24, 2.45) is 0 Å². The van der Waals surface area contributed by atoms with Crippen LogP contribution in [0.4, 0.5) is 0 Å². The fourth-order valence-corrected chi connectivity index (χ4v) is 2.53. The van der Waals surface area contributed by atoms with Gasteiger partial charge < -0.3 is 10.1 Å². The normalized spacial score (nSPS) is 15.8. The van der Waals surface area contributed by atoms with Crippen molar-refractivity contribution in [2.45, 2.75) is 38.1 Å². The standard InChI is InChI=1S/C17H21NO3/c1-21-17(20)16(14-10-6-3-7-11-14)18-15(19)12-13-8-4-2-5-9-13/h3,6-8,10-11,16H,2,4-5,9,12H2,1H3,(H,18,19). The Morgan fingerprint density at radius 2 is 2.00 bits per heavy atom. The van der Waals surface area contributed by atoms with Crippen LogP contribution in [0.15, 0.2) is 42.0 Å². The fourth-order valence-electron chi connectivity index (χ4n) is 2.53. The van der Waals surface area contributed by atoms with Gasteiger partial charge in [-0.15, -0.1) is 0 Å². The predicted molar refractivity (Wildman–Crippen MR) is 80.5 cm³/mol. The Bertz CT molecular complexity index is 522. The monoisotopic (exact) mass is 287 g/mol. The summed E-state index contributed by atoms with van der Waals surface area (Å²) < 4.78 is 4.79. The Morgan fingerprint density at radius 1 is 1.24 bits per heavy atom. The van der Waals surface area contributed by atoms with Crippen LogP contribution in [0.3, 0.4) is 0 Å². The molecule has 0 bridgehead atoms. The summed E-state index contributed by atoms with van der Waals surface area (Å²) in [6.07, 6.45) is 6.85. The smallest absolute Gasteiger partial charge is 0.333 e. The molecule has 1 atom stereocenters. The van der Waals surface area contributed by atoms with Crippen molar-refractivity contribution >= 4 is 11.9 Å². The Labute approximate surface area is 125 Å². The van der Waals surface area contributed by atoms with Crippen LogP contribution in [-0.4, -0.2) is 19.0 Å². The molecule has 1 aromatic carbocycles. The maximum atomic E-state index is 12.2. The largest absolute Gasteiger partial charge is 0.467 e. The second kappa shape index (κ2) is 7.62. The number of ether oxygens (including phenoxy) is 1. The number of carbonyl (C=O) groups is 2. The maximum absolute atomic E-state index is 12.2. The molecule has 4 heteroatoms. The van der Waals surface area contributed by atoms with Gasteiger partial charge in [0, 0.05) is 6.42 Å². The van der Waals surface area contributed by atoms with Gasteiger partial charge in [-0.3, -0.25) is 4.79 Å². The molecule has 0 heterocycles. The predicted octanol–water partition coefficient (Wildman–Crippen LogP) is 2.91. The van der Waals surface area contributed by atoms with Crippen LogP contribution in [0.2, 0.25) is 0 Å². The van der Waals surface area contributed by atoms with E-state index < -0.39 is 12.0 Å². The zero-order valence-electron chi connectivity index (χ0n) is 12.3. The summed E-state index contributed by atoms with van der Waals surface area (Å²) in [5, 5.41) is 2.78. The topological polar surface area (TPSA) is 55.4 Å². The van der Waals surface area contributed by atoms with E-state index in [2.05, 4.69) is 11.4 Å². The van der Waals surface area contributed by atoms with Gasteiger partial charge in [-0.2, -0.15) is 0 Å². The molecule has 1 aliphatic carbocycles. The minimum atomic E-state index is -0.743. The minimum Gasteiger partial charge on any atom is -0.467 e. The van der Waals surface area contributed by atoms with Crippen LogP contribution in [0.5, 0.6) is 0 Å². The lowest BCUT2D eigenvalue weighted by molar-refractivity contribution is -0.145. The van der Waals surface area contributed by atoms with Crippen molar-refractivity contribution in [3.8, 4) is 0 Å². The third-order valence-electron chi connectivity index (χ3n) is 3.65.